The standard InChI is InChI=1S/C10H13N5/c11-2-1-5-15-8-9(6-14-15)10-7-12-3-4-13-10/h3-4,6-8H,1-2,5,11H2. The SMILES string of the molecule is NCCCn1cc(-c2cnccn2)cn1. The van der Waals surface area contributed by atoms with E-state index < -0.39 is 0 Å². The van der Waals surface area contributed by atoms with Gasteiger partial charge in [0.05, 0.1) is 18.1 Å². The third-order valence-corrected chi connectivity index (χ3v) is 2.08. The molecule has 0 amide bonds. The third-order valence-electron chi connectivity index (χ3n) is 2.08. The van der Waals surface area contributed by atoms with E-state index >= 15 is 0 Å². The first kappa shape index (κ1) is 9.79. The Morgan fingerprint density at radius 1 is 1.27 bits per heavy atom. The van der Waals surface area contributed by atoms with E-state index in [0.717, 1.165) is 24.2 Å². The lowest BCUT2D eigenvalue weighted by Crippen LogP contribution is -2.05. The Morgan fingerprint density at radius 2 is 2.20 bits per heavy atom. The molecule has 0 radical (unpaired) electrons. The predicted octanol–water partition coefficient (Wildman–Crippen LogP) is 0.689. The Labute approximate surface area is 88.0 Å². The quantitative estimate of drug-likeness (QED) is 0.793. The minimum atomic E-state index is 0.681. The van der Waals surface area contributed by atoms with Crippen molar-refractivity contribution < 1.29 is 0 Å². The zero-order valence-corrected chi connectivity index (χ0v) is 8.37. The maximum Gasteiger partial charge on any atom is 0.0916 e. The van der Waals surface area contributed by atoms with Gasteiger partial charge in [0.2, 0.25) is 0 Å². The van der Waals surface area contributed by atoms with Crippen LogP contribution < -0.4 is 5.73 Å². The van der Waals surface area contributed by atoms with Crippen LogP contribution in [0.5, 0.6) is 0 Å². The fourth-order valence-corrected chi connectivity index (χ4v) is 1.32. The molecule has 0 aliphatic heterocycles. The topological polar surface area (TPSA) is 69.6 Å². The highest BCUT2D eigenvalue weighted by Gasteiger charge is 2.01. The van der Waals surface area contributed by atoms with Gasteiger partial charge in [-0.15, -0.1) is 0 Å². The molecule has 2 aromatic heterocycles. The molecule has 0 aliphatic rings. The number of hydrogen-bond acceptors (Lipinski definition) is 4. The summed E-state index contributed by atoms with van der Waals surface area (Å²) in [4.78, 5) is 8.22. The van der Waals surface area contributed by atoms with Gasteiger partial charge >= 0.3 is 0 Å². The average Bonchev–Trinajstić information content (AvgIpc) is 2.76. The maximum absolute atomic E-state index is 5.43. The molecule has 15 heavy (non-hydrogen) atoms. The summed E-state index contributed by atoms with van der Waals surface area (Å²) in [5, 5.41) is 4.22. The van der Waals surface area contributed by atoms with Gasteiger partial charge in [-0.1, -0.05) is 0 Å². The molecule has 0 saturated heterocycles. The van der Waals surface area contributed by atoms with Crippen molar-refractivity contribution in [2.24, 2.45) is 5.73 Å². The van der Waals surface area contributed by atoms with Crippen molar-refractivity contribution in [2.45, 2.75) is 13.0 Å². The molecule has 0 unspecified atom stereocenters. The lowest BCUT2D eigenvalue weighted by molar-refractivity contribution is 0.585. The molecule has 2 N–H and O–H groups in total. The Morgan fingerprint density at radius 3 is 2.93 bits per heavy atom. The third kappa shape index (κ3) is 2.38. The average molecular weight is 203 g/mol. The molecule has 0 fully saturated rings. The smallest absolute Gasteiger partial charge is 0.0916 e. The summed E-state index contributed by atoms with van der Waals surface area (Å²) in [5.41, 5.74) is 7.26. The monoisotopic (exact) mass is 203 g/mol. The first-order valence-electron chi connectivity index (χ1n) is 4.89. The van der Waals surface area contributed by atoms with Gasteiger partial charge in [-0.05, 0) is 13.0 Å². The van der Waals surface area contributed by atoms with E-state index in [2.05, 4.69) is 15.1 Å². The number of aromatic nitrogens is 4. The van der Waals surface area contributed by atoms with Crippen LogP contribution in [0.1, 0.15) is 6.42 Å². The number of nitrogens with two attached hydrogens (primary N) is 1. The largest absolute Gasteiger partial charge is 0.330 e. The number of rotatable bonds is 4. The summed E-state index contributed by atoms with van der Waals surface area (Å²) in [6.45, 7) is 1.52. The van der Waals surface area contributed by atoms with Crippen molar-refractivity contribution in [1.29, 1.82) is 0 Å². The molecule has 5 heteroatoms. The molecule has 2 heterocycles. The van der Waals surface area contributed by atoms with Crippen LogP contribution in [-0.2, 0) is 6.54 Å². The summed E-state index contributed by atoms with van der Waals surface area (Å²) in [5.74, 6) is 0. The minimum Gasteiger partial charge on any atom is -0.330 e. The molecule has 0 spiro atoms. The van der Waals surface area contributed by atoms with Crippen LogP contribution in [0.25, 0.3) is 11.3 Å². The van der Waals surface area contributed by atoms with Crippen molar-refractivity contribution in [2.75, 3.05) is 6.54 Å². The molecule has 2 rings (SSSR count). The second-order valence-corrected chi connectivity index (χ2v) is 3.22. The van der Waals surface area contributed by atoms with Crippen molar-refractivity contribution in [1.82, 2.24) is 19.7 Å². The second-order valence-electron chi connectivity index (χ2n) is 3.22. The first-order chi connectivity index (χ1) is 7.40. The van der Waals surface area contributed by atoms with E-state index in [1.165, 1.54) is 0 Å². The van der Waals surface area contributed by atoms with Gasteiger partial charge in [0.15, 0.2) is 0 Å². The van der Waals surface area contributed by atoms with Gasteiger partial charge in [0.25, 0.3) is 0 Å². The van der Waals surface area contributed by atoms with Gasteiger partial charge in [-0.2, -0.15) is 5.10 Å². The molecular weight excluding hydrogens is 190 g/mol. The Balaban J connectivity index is 2.14. The fourth-order valence-electron chi connectivity index (χ4n) is 1.32. The Bertz CT molecular complexity index is 409. The van der Waals surface area contributed by atoms with Gasteiger partial charge < -0.3 is 5.73 Å². The lowest BCUT2D eigenvalue weighted by Gasteiger charge is -1.97. The van der Waals surface area contributed by atoms with Crippen molar-refractivity contribution in [3.63, 3.8) is 0 Å². The van der Waals surface area contributed by atoms with Crippen molar-refractivity contribution >= 4 is 0 Å². The summed E-state index contributed by atoms with van der Waals surface area (Å²) >= 11 is 0. The van der Waals surface area contributed by atoms with Crippen LogP contribution in [0, 0.1) is 0 Å². The first-order valence-corrected chi connectivity index (χ1v) is 4.89. The zero-order valence-electron chi connectivity index (χ0n) is 8.37. The van der Waals surface area contributed by atoms with Crippen LogP contribution in [0.3, 0.4) is 0 Å². The molecule has 78 valence electrons. The van der Waals surface area contributed by atoms with E-state index in [1.807, 2.05) is 10.9 Å². The molecule has 0 saturated carbocycles. The second kappa shape index (κ2) is 4.65. The molecule has 0 aromatic carbocycles. The van der Waals surface area contributed by atoms with Crippen LogP contribution in [0.4, 0.5) is 0 Å². The molecular formula is C10H13N5. The van der Waals surface area contributed by atoms with Crippen LogP contribution in [0.2, 0.25) is 0 Å². The van der Waals surface area contributed by atoms with Crippen LogP contribution in [0.15, 0.2) is 31.0 Å². The highest BCUT2D eigenvalue weighted by molar-refractivity contribution is 5.55. The lowest BCUT2D eigenvalue weighted by atomic mass is 10.3. The van der Waals surface area contributed by atoms with Crippen LogP contribution in [-0.4, -0.2) is 26.3 Å². The van der Waals surface area contributed by atoms with Gasteiger partial charge in [-0.25, -0.2) is 0 Å². The predicted molar refractivity (Wildman–Crippen MR) is 56.9 cm³/mol. The Kier molecular flexibility index (Phi) is 3.04. The number of hydrogen-bond donors (Lipinski definition) is 1. The normalized spacial score (nSPS) is 10.5. The van der Waals surface area contributed by atoms with E-state index in [9.17, 15) is 0 Å². The van der Waals surface area contributed by atoms with E-state index in [4.69, 9.17) is 5.73 Å². The minimum absolute atomic E-state index is 0.681. The highest BCUT2D eigenvalue weighted by atomic mass is 15.3. The Hall–Kier alpha value is -1.75. The molecule has 0 atom stereocenters. The van der Waals surface area contributed by atoms with Gasteiger partial charge in [0, 0.05) is 30.7 Å². The van der Waals surface area contributed by atoms with Crippen molar-refractivity contribution in [3.05, 3.63) is 31.0 Å². The molecule has 0 aliphatic carbocycles. The summed E-state index contributed by atoms with van der Waals surface area (Å²) < 4.78 is 1.87. The summed E-state index contributed by atoms with van der Waals surface area (Å²) in [7, 11) is 0. The van der Waals surface area contributed by atoms with Gasteiger partial charge in [-0.3, -0.25) is 14.6 Å². The molecule has 2 aromatic rings. The number of nitrogens with zero attached hydrogens (tertiary/aromatic N) is 4. The van der Waals surface area contributed by atoms with Crippen LogP contribution >= 0.6 is 0 Å². The van der Waals surface area contributed by atoms with Gasteiger partial charge in [0.1, 0.15) is 0 Å². The summed E-state index contributed by atoms with van der Waals surface area (Å²) in [6.07, 6.45) is 9.74. The fraction of sp³-hybridized carbons (Fsp3) is 0.300. The zero-order chi connectivity index (χ0) is 10.5. The highest BCUT2D eigenvalue weighted by Crippen LogP contribution is 2.13. The maximum atomic E-state index is 5.43. The number of aryl methyl sites for hydroxylation is 1. The molecule has 0 bridgehead atoms. The van der Waals surface area contributed by atoms with E-state index in [1.54, 1.807) is 24.8 Å². The molecule has 5 nitrogen and oxygen atoms in total. The van der Waals surface area contributed by atoms with Crippen molar-refractivity contribution in [3.8, 4) is 11.3 Å². The van der Waals surface area contributed by atoms with E-state index in [0.29, 0.717) is 6.54 Å². The summed E-state index contributed by atoms with van der Waals surface area (Å²) in [6, 6.07) is 0. The van der Waals surface area contributed by atoms with E-state index in [-0.39, 0.29) is 0 Å².